The molecule has 0 saturated carbocycles. The second-order valence-electron chi connectivity index (χ2n) is 6.30. The van der Waals surface area contributed by atoms with Gasteiger partial charge in [0, 0.05) is 26.2 Å². The molecule has 2 heterocycles. The highest BCUT2D eigenvalue weighted by Crippen LogP contribution is 2.20. The third kappa shape index (κ3) is 4.00. The number of aromatic nitrogens is 2. The van der Waals surface area contributed by atoms with Crippen LogP contribution in [0.3, 0.4) is 0 Å². The number of anilines is 1. The van der Waals surface area contributed by atoms with E-state index < -0.39 is 0 Å². The summed E-state index contributed by atoms with van der Waals surface area (Å²) in [6, 6.07) is 18.8. The third-order valence-corrected chi connectivity index (χ3v) is 4.49. The molecular weight excluding hydrogens is 324 g/mol. The van der Waals surface area contributed by atoms with Crippen LogP contribution in [0.1, 0.15) is 5.56 Å². The minimum absolute atomic E-state index is 0.481. The van der Waals surface area contributed by atoms with Gasteiger partial charge in [-0.25, -0.2) is 0 Å². The van der Waals surface area contributed by atoms with Crippen molar-refractivity contribution >= 4 is 5.82 Å². The van der Waals surface area contributed by atoms with Crippen LogP contribution in [0, 0.1) is 0 Å². The Kier molecular flexibility index (Phi) is 5.07. The van der Waals surface area contributed by atoms with Gasteiger partial charge in [-0.1, -0.05) is 54.6 Å². The summed E-state index contributed by atoms with van der Waals surface area (Å²) in [6.07, 6.45) is 3.47. The molecule has 0 radical (unpaired) electrons. The summed E-state index contributed by atoms with van der Waals surface area (Å²) in [6.45, 7) is 4.31. The number of nitrogens with zero attached hydrogens (tertiary/aromatic N) is 3. The van der Waals surface area contributed by atoms with Crippen molar-refractivity contribution in [2.45, 2.75) is 6.61 Å². The normalized spacial score (nSPS) is 14.2. The monoisotopic (exact) mass is 346 g/mol. The van der Waals surface area contributed by atoms with Crippen LogP contribution in [-0.2, 0) is 6.61 Å². The maximum absolute atomic E-state index is 5.85. The van der Waals surface area contributed by atoms with Gasteiger partial charge in [0.15, 0.2) is 5.82 Å². The topological polar surface area (TPSA) is 50.3 Å². The van der Waals surface area contributed by atoms with Gasteiger partial charge in [0.2, 0.25) is 5.88 Å². The van der Waals surface area contributed by atoms with Gasteiger partial charge in [0.1, 0.15) is 6.61 Å². The first-order valence-electron chi connectivity index (χ1n) is 8.93. The number of hydrogen-bond acceptors (Lipinski definition) is 5. The van der Waals surface area contributed by atoms with Crippen molar-refractivity contribution in [3.05, 3.63) is 72.6 Å². The second kappa shape index (κ2) is 7.97. The molecule has 1 aromatic heterocycles. The number of hydrogen-bond donors (Lipinski definition) is 1. The van der Waals surface area contributed by atoms with E-state index in [0.29, 0.717) is 12.5 Å². The molecule has 0 amide bonds. The quantitative estimate of drug-likeness (QED) is 0.769. The zero-order chi connectivity index (χ0) is 17.6. The Bertz CT molecular complexity index is 830. The molecule has 1 aliphatic heterocycles. The van der Waals surface area contributed by atoms with E-state index in [4.69, 9.17) is 4.74 Å². The van der Waals surface area contributed by atoms with Crippen LogP contribution in [0.2, 0.25) is 0 Å². The SMILES string of the molecule is c1ccc(-c2ccc(COc3cncc(N4CCNCC4)n3)cc2)cc1. The molecule has 3 aromatic rings. The van der Waals surface area contributed by atoms with Crippen molar-refractivity contribution in [3.63, 3.8) is 0 Å². The molecule has 1 saturated heterocycles. The summed E-state index contributed by atoms with van der Waals surface area (Å²) in [7, 11) is 0. The zero-order valence-electron chi connectivity index (χ0n) is 14.6. The molecule has 0 aliphatic carbocycles. The average Bonchev–Trinajstić information content (AvgIpc) is 2.74. The number of ether oxygens (including phenoxy) is 1. The van der Waals surface area contributed by atoms with E-state index >= 15 is 0 Å². The molecule has 5 nitrogen and oxygen atoms in total. The smallest absolute Gasteiger partial charge is 0.234 e. The maximum atomic E-state index is 5.85. The first kappa shape index (κ1) is 16.5. The first-order chi connectivity index (χ1) is 12.9. The average molecular weight is 346 g/mol. The van der Waals surface area contributed by atoms with Crippen LogP contribution >= 0.6 is 0 Å². The lowest BCUT2D eigenvalue weighted by Crippen LogP contribution is -2.43. The molecule has 0 bridgehead atoms. The van der Waals surface area contributed by atoms with Crippen molar-refractivity contribution < 1.29 is 4.74 Å². The Balaban J connectivity index is 1.39. The van der Waals surface area contributed by atoms with Gasteiger partial charge < -0.3 is 15.0 Å². The number of rotatable bonds is 5. The van der Waals surface area contributed by atoms with E-state index in [0.717, 1.165) is 37.6 Å². The zero-order valence-corrected chi connectivity index (χ0v) is 14.6. The molecule has 0 spiro atoms. The molecule has 26 heavy (non-hydrogen) atoms. The molecule has 1 N–H and O–H groups in total. The Hall–Kier alpha value is -2.92. The van der Waals surface area contributed by atoms with E-state index in [-0.39, 0.29) is 0 Å². The minimum atomic E-state index is 0.481. The van der Waals surface area contributed by atoms with Crippen molar-refractivity contribution in [3.8, 4) is 17.0 Å². The number of piperazine rings is 1. The molecule has 1 fully saturated rings. The highest BCUT2D eigenvalue weighted by atomic mass is 16.5. The predicted octanol–water partition coefficient (Wildman–Crippen LogP) is 3.13. The Morgan fingerprint density at radius 2 is 1.62 bits per heavy atom. The van der Waals surface area contributed by atoms with Gasteiger partial charge in [0.25, 0.3) is 0 Å². The van der Waals surface area contributed by atoms with Crippen LogP contribution in [0.15, 0.2) is 67.0 Å². The minimum Gasteiger partial charge on any atom is -0.472 e. The third-order valence-electron chi connectivity index (χ3n) is 4.49. The second-order valence-corrected chi connectivity index (χ2v) is 6.30. The Labute approximate surface area is 153 Å². The van der Waals surface area contributed by atoms with Crippen LogP contribution in [-0.4, -0.2) is 36.1 Å². The standard InChI is InChI=1S/C21H22N4O/c1-2-4-18(5-3-1)19-8-6-17(7-9-19)16-26-21-15-23-14-20(24-21)25-12-10-22-11-13-25/h1-9,14-15,22H,10-13,16H2. The molecule has 4 rings (SSSR count). The lowest BCUT2D eigenvalue weighted by molar-refractivity contribution is 0.292. The van der Waals surface area contributed by atoms with Crippen LogP contribution in [0.4, 0.5) is 5.82 Å². The van der Waals surface area contributed by atoms with Crippen molar-refractivity contribution in [2.75, 3.05) is 31.1 Å². The molecule has 5 heteroatoms. The summed E-state index contributed by atoms with van der Waals surface area (Å²) >= 11 is 0. The molecule has 0 unspecified atom stereocenters. The largest absolute Gasteiger partial charge is 0.472 e. The highest BCUT2D eigenvalue weighted by Gasteiger charge is 2.12. The van der Waals surface area contributed by atoms with Crippen molar-refractivity contribution in [1.82, 2.24) is 15.3 Å². The fourth-order valence-corrected chi connectivity index (χ4v) is 3.04. The van der Waals surface area contributed by atoms with Gasteiger partial charge in [-0.2, -0.15) is 4.98 Å². The van der Waals surface area contributed by atoms with Crippen LogP contribution in [0.25, 0.3) is 11.1 Å². The van der Waals surface area contributed by atoms with Gasteiger partial charge in [0.05, 0.1) is 12.4 Å². The Morgan fingerprint density at radius 1 is 0.885 bits per heavy atom. The molecule has 2 aromatic carbocycles. The van der Waals surface area contributed by atoms with Crippen molar-refractivity contribution in [2.24, 2.45) is 0 Å². The van der Waals surface area contributed by atoms with Gasteiger partial charge >= 0.3 is 0 Å². The van der Waals surface area contributed by atoms with Gasteiger partial charge in [-0.3, -0.25) is 4.98 Å². The summed E-state index contributed by atoms with van der Waals surface area (Å²) in [5.74, 6) is 1.44. The van der Waals surface area contributed by atoms with Crippen LogP contribution in [0.5, 0.6) is 5.88 Å². The van der Waals surface area contributed by atoms with E-state index in [1.165, 1.54) is 11.1 Å². The van der Waals surface area contributed by atoms with Gasteiger partial charge in [-0.05, 0) is 16.7 Å². The summed E-state index contributed by atoms with van der Waals surface area (Å²) < 4.78 is 5.85. The number of benzene rings is 2. The first-order valence-corrected chi connectivity index (χ1v) is 8.93. The summed E-state index contributed by atoms with van der Waals surface area (Å²) in [5, 5.41) is 3.34. The molecule has 132 valence electrons. The summed E-state index contributed by atoms with van der Waals surface area (Å²) in [4.78, 5) is 11.1. The van der Waals surface area contributed by atoms with Crippen molar-refractivity contribution in [1.29, 1.82) is 0 Å². The lowest BCUT2D eigenvalue weighted by Gasteiger charge is -2.28. The maximum Gasteiger partial charge on any atom is 0.234 e. The fourth-order valence-electron chi connectivity index (χ4n) is 3.04. The van der Waals surface area contributed by atoms with Crippen LogP contribution < -0.4 is 15.0 Å². The molecule has 1 aliphatic rings. The van der Waals surface area contributed by atoms with E-state index in [1.54, 1.807) is 12.4 Å². The summed E-state index contributed by atoms with van der Waals surface area (Å²) in [5.41, 5.74) is 3.53. The number of nitrogens with one attached hydrogen (secondary N) is 1. The Morgan fingerprint density at radius 3 is 2.38 bits per heavy atom. The highest BCUT2D eigenvalue weighted by molar-refractivity contribution is 5.63. The van der Waals surface area contributed by atoms with E-state index in [2.05, 4.69) is 68.7 Å². The fraction of sp³-hybridized carbons (Fsp3) is 0.238. The van der Waals surface area contributed by atoms with Gasteiger partial charge in [-0.15, -0.1) is 0 Å². The molecular formula is C21H22N4O. The lowest BCUT2D eigenvalue weighted by atomic mass is 10.0. The predicted molar refractivity (Wildman–Crippen MR) is 103 cm³/mol. The molecule has 0 atom stereocenters. The van der Waals surface area contributed by atoms with E-state index in [1.807, 2.05) is 6.07 Å². The van der Waals surface area contributed by atoms with E-state index in [9.17, 15) is 0 Å².